The Morgan fingerprint density at radius 3 is 2.45 bits per heavy atom. The van der Waals surface area contributed by atoms with E-state index in [0.717, 1.165) is 25.9 Å². The van der Waals surface area contributed by atoms with Gasteiger partial charge in [-0.3, -0.25) is 14.5 Å². The Morgan fingerprint density at radius 1 is 1.27 bits per heavy atom. The topological polar surface area (TPSA) is 52.7 Å². The predicted molar refractivity (Wildman–Crippen MR) is 88.0 cm³/mol. The van der Waals surface area contributed by atoms with Crippen molar-refractivity contribution in [3.63, 3.8) is 0 Å². The van der Waals surface area contributed by atoms with Crippen molar-refractivity contribution in [1.82, 2.24) is 9.80 Å². The van der Waals surface area contributed by atoms with Crippen molar-refractivity contribution in [1.29, 1.82) is 0 Å². The summed E-state index contributed by atoms with van der Waals surface area (Å²) in [5.41, 5.74) is 0.696. The zero-order valence-electron chi connectivity index (χ0n) is 13.0. The molecule has 0 saturated carbocycles. The average Bonchev–Trinajstić information content (AvgIpc) is 3.02. The van der Waals surface area contributed by atoms with Gasteiger partial charge in [-0.25, -0.2) is 0 Å². The van der Waals surface area contributed by atoms with Gasteiger partial charge in [-0.1, -0.05) is 11.6 Å². The van der Waals surface area contributed by atoms with Gasteiger partial charge in [0.1, 0.15) is 0 Å². The highest BCUT2D eigenvalue weighted by Gasteiger charge is 2.26. The lowest BCUT2D eigenvalue weighted by Crippen LogP contribution is -2.46. The van der Waals surface area contributed by atoms with Crippen LogP contribution < -0.4 is 5.32 Å². The smallest absolute Gasteiger partial charge is 0.239 e. The highest BCUT2D eigenvalue weighted by molar-refractivity contribution is 6.30. The molecule has 120 valence electrons. The second kappa shape index (κ2) is 7.61. The molecule has 5 nitrogen and oxygen atoms in total. The molecule has 2 rings (SSSR count). The third kappa shape index (κ3) is 4.45. The number of anilines is 1. The third-order valence-electron chi connectivity index (χ3n) is 3.96. The van der Waals surface area contributed by atoms with E-state index < -0.39 is 0 Å². The Balaban J connectivity index is 1.84. The Hall–Kier alpha value is -1.59. The van der Waals surface area contributed by atoms with Crippen LogP contribution in [0.25, 0.3) is 0 Å². The summed E-state index contributed by atoms with van der Waals surface area (Å²) in [6, 6.07) is 6.65. The summed E-state index contributed by atoms with van der Waals surface area (Å²) in [6.45, 7) is 3.67. The van der Waals surface area contributed by atoms with Gasteiger partial charge in [0.25, 0.3) is 0 Å². The number of benzene rings is 1. The zero-order chi connectivity index (χ0) is 16.1. The van der Waals surface area contributed by atoms with Crippen molar-refractivity contribution in [2.24, 2.45) is 0 Å². The van der Waals surface area contributed by atoms with Gasteiger partial charge in [-0.2, -0.15) is 0 Å². The molecule has 0 bridgehead atoms. The summed E-state index contributed by atoms with van der Waals surface area (Å²) < 4.78 is 0. The molecule has 1 N–H and O–H groups in total. The van der Waals surface area contributed by atoms with E-state index >= 15 is 0 Å². The van der Waals surface area contributed by atoms with Gasteiger partial charge in [0.05, 0.1) is 12.6 Å². The summed E-state index contributed by atoms with van der Waals surface area (Å²) in [6.07, 6.45) is 2.14. The van der Waals surface area contributed by atoms with Gasteiger partial charge in [0.15, 0.2) is 0 Å². The molecule has 1 aliphatic rings. The normalized spacial score (nSPS) is 15.9. The van der Waals surface area contributed by atoms with Crippen LogP contribution in [0.3, 0.4) is 0 Å². The van der Waals surface area contributed by atoms with Gasteiger partial charge in [0.2, 0.25) is 11.8 Å². The quantitative estimate of drug-likeness (QED) is 0.904. The highest BCUT2D eigenvalue weighted by Crippen LogP contribution is 2.14. The molecule has 1 saturated heterocycles. The monoisotopic (exact) mass is 323 g/mol. The van der Waals surface area contributed by atoms with Gasteiger partial charge in [-0.15, -0.1) is 0 Å². The molecule has 0 unspecified atom stereocenters. The van der Waals surface area contributed by atoms with Crippen molar-refractivity contribution in [3.05, 3.63) is 29.3 Å². The molecule has 1 aliphatic heterocycles. The van der Waals surface area contributed by atoms with E-state index in [1.54, 1.807) is 36.2 Å². The molecule has 1 aromatic rings. The number of halogens is 1. The maximum atomic E-state index is 12.3. The lowest BCUT2D eigenvalue weighted by atomic mass is 10.2. The largest absolute Gasteiger partial charge is 0.341 e. The number of nitrogens with zero attached hydrogens (tertiary/aromatic N) is 2. The maximum Gasteiger partial charge on any atom is 0.239 e. The maximum absolute atomic E-state index is 12.3. The van der Waals surface area contributed by atoms with Crippen LogP contribution in [0, 0.1) is 0 Å². The molecule has 2 amide bonds. The van der Waals surface area contributed by atoms with Crippen LogP contribution in [0.5, 0.6) is 0 Å². The lowest BCUT2D eigenvalue weighted by molar-refractivity contribution is -0.135. The molecule has 1 aromatic carbocycles. The first-order chi connectivity index (χ1) is 10.5. The average molecular weight is 324 g/mol. The summed E-state index contributed by atoms with van der Waals surface area (Å²) >= 11 is 5.81. The minimum Gasteiger partial charge on any atom is -0.341 e. The van der Waals surface area contributed by atoms with E-state index in [2.05, 4.69) is 5.32 Å². The first-order valence-corrected chi connectivity index (χ1v) is 7.89. The standard InChI is InChI=1S/C16H22ClN3O2/c1-12(16(22)20-9-3-4-10-20)19(2)11-15(21)18-14-7-5-13(17)6-8-14/h5-8,12H,3-4,9-11H2,1-2H3,(H,18,21)/t12-/m1/s1. The Bertz CT molecular complexity index is 527. The van der Waals surface area contributed by atoms with Crippen LogP contribution in [0.2, 0.25) is 5.02 Å². The molecule has 6 heteroatoms. The number of carbonyl (C=O) groups excluding carboxylic acids is 2. The second-order valence-corrected chi connectivity index (χ2v) is 6.11. The fourth-order valence-electron chi connectivity index (χ4n) is 2.49. The summed E-state index contributed by atoms with van der Waals surface area (Å²) in [5, 5.41) is 3.42. The SMILES string of the molecule is C[C@H](C(=O)N1CCCC1)N(C)CC(=O)Nc1ccc(Cl)cc1. The van der Waals surface area contributed by atoms with Crippen molar-refractivity contribution < 1.29 is 9.59 Å². The summed E-state index contributed by atoms with van der Waals surface area (Å²) in [4.78, 5) is 28.0. The van der Waals surface area contributed by atoms with Crippen LogP contribution in [-0.2, 0) is 9.59 Å². The number of carbonyl (C=O) groups is 2. The summed E-state index contributed by atoms with van der Waals surface area (Å²) in [7, 11) is 1.79. The van der Waals surface area contributed by atoms with Crippen molar-refractivity contribution >= 4 is 29.1 Å². The van der Waals surface area contributed by atoms with Crippen LogP contribution in [-0.4, -0.2) is 54.3 Å². The van der Waals surface area contributed by atoms with Crippen LogP contribution in [0.1, 0.15) is 19.8 Å². The van der Waals surface area contributed by atoms with Gasteiger partial charge in [-0.05, 0) is 51.1 Å². The van der Waals surface area contributed by atoms with Crippen LogP contribution in [0.15, 0.2) is 24.3 Å². The van der Waals surface area contributed by atoms with Gasteiger partial charge < -0.3 is 10.2 Å². The number of likely N-dealkylation sites (tertiary alicyclic amines) is 1. The molecular formula is C16H22ClN3O2. The second-order valence-electron chi connectivity index (χ2n) is 5.68. The molecule has 0 radical (unpaired) electrons. The van der Waals surface area contributed by atoms with Crippen molar-refractivity contribution in [3.8, 4) is 0 Å². The van der Waals surface area contributed by atoms with E-state index in [9.17, 15) is 9.59 Å². The fourth-order valence-corrected chi connectivity index (χ4v) is 2.61. The molecule has 0 spiro atoms. The van der Waals surface area contributed by atoms with Gasteiger partial charge >= 0.3 is 0 Å². The number of likely N-dealkylation sites (N-methyl/N-ethyl adjacent to an activating group) is 1. The Labute approximate surface area is 136 Å². The first kappa shape index (κ1) is 16.8. The molecule has 22 heavy (non-hydrogen) atoms. The zero-order valence-corrected chi connectivity index (χ0v) is 13.8. The Kier molecular flexibility index (Phi) is 5.80. The third-order valence-corrected chi connectivity index (χ3v) is 4.21. The molecule has 0 aliphatic carbocycles. The van der Waals surface area contributed by atoms with E-state index in [0.29, 0.717) is 10.7 Å². The lowest BCUT2D eigenvalue weighted by Gasteiger charge is -2.27. The molecule has 1 atom stereocenters. The van der Waals surface area contributed by atoms with Crippen molar-refractivity contribution in [2.75, 3.05) is 32.0 Å². The minimum atomic E-state index is -0.297. The number of amides is 2. The first-order valence-electron chi connectivity index (χ1n) is 7.52. The Morgan fingerprint density at radius 2 is 1.86 bits per heavy atom. The van der Waals surface area contributed by atoms with Gasteiger partial charge in [0, 0.05) is 23.8 Å². The number of rotatable bonds is 5. The van der Waals surface area contributed by atoms with E-state index in [1.165, 1.54) is 0 Å². The molecule has 1 fully saturated rings. The molecular weight excluding hydrogens is 302 g/mol. The van der Waals surface area contributed by atoms with Crippen LogP contribution in [0.4, 0.5) is 5.69 Å². The van der Waals surface area contributed by atoms with Crippen LogP contribution >= 0.6 is 11.6 Å². The molecule has 1 heterocycles. The molecule has 0 aromatic heterocycles. The highest BCUT2D eigenvalue weighted by atomic mass is 35.5. The van der Waals surface area contributed by atoms with E-state index in [4.69, 9.17) is 11.6 Å². The number of nitrogens with one attached hydrogen (secondary N) is 1. The number of hydrogen-bond donors (Lipinski definition) is 1. The predicted octanol–water partition coefficient (Wildman–Crippen LogP) is 2.22. The fraction of sp³-hybridized carbons (Fsp3) is 0.500. The van der Waals surface area contributed by atoms with E-state index in [-0.39, 0.29) is 24.4 Å². The number of hydrogen-bond acceptors (Lipinski definition) is 3. The van der Waals surface area contributed by atoms with E-state index in [1.807, 2.05) is 11.8 Å². The minimum absolute atomic E-state index is 0.0966. The summed E-state index contributed by atoms with van der Waals surface area (Å²) in [5.74, 6) is -0.0508. The van der Waals surface area contributed by atoms with Crippen molar-refractivity contribution in [2.45, 2.75) is 25.8 Å².